The summed E-state index contributed by atoms with van der Waals surface area (Å²) in [5.41, 5.74) is 2.48. The third-order valence-corrected chi connectivity index (χ3v) is 8.38. The second-order valence-corrected chi connectivity index (χ2v) is 10.3. The molecule has 2 unspecified atom stereocenters. The molecule has 4 heteroatoms. The lowest BCUT2D eigenvalue weighted by Gasteiger charge is -2.60. The Hall–Kier alpha value is -1.81. The summed E-state index contributed by atoms with van der Waals surface area (Å²) in [6.07, 6.45) is 8.60. The number of amides is 1. The van der Waals surface area contributed by atoms with Crippen LogP contribution in [0.25, 0.3) is 11.0 Å². The van der Waals surface area contributed by atoms with Crippen molar-refractivity contribution in [1.82, 2.24) is 10.2 Å². The Morgan fingerprint density at radius 2 is 2.00 bits per heavy atom. The van der Waals surface area contributed by atoms with Gasteiger partial charge in [0, 0.05) is 31.1 Å². The normalized spacial score (nSPS) is 29.5. The van der Waals surface area contributed by atoms with Crippen LogP contribution in [0.4, 0.5) is 0 Å². The first-order chi connectivity index (χ1) is 14.0. The van der Waals surface area contributed by atoms with E-state index in [9.17, 15) is 4.79 Å². The number of fused-ring (bicyclic) bond motifs is 3. The van der Waals surface area contributed by atoms with E-state index in [2.05, 4.69) is 24.1 Å². The molecule has 6 rings (SSSR count). The fourth-order valence-electron chi connectivity index (χ4n) is 6.44. The lowest BCUT2D eigenvalue weighted by Crippen LogP contribution is -2.55. The van der Waals surface area contributed by atoms with Gasteiger partial charge in [-0.15, -0.1) is 0 Å². The molecular weight excluding hydrogens is 360 g/mol. The maximum absolute atomic E-state index is 12.6. The lowest BCUT2D eigenvalue weighted by molar-refractivity contribution is -0.121. The minimum absolute atomic E-state index is 0.131. The van der Waals surface area contributed by atoms with E-state index in [4.69, 9.17) is 4.42 Å². The molecule has 4 aliphatic rings. The lowest BCUT2D eigenvalue weighted by atomic mass is 9.45. The maximum atomic E-state index is 12.6. The third-order valence-electron chi connectivity index (χ3n) is 8.38. The molecule has 29 heavy (non-hydrogen) atoms. The molecule has 3 atom stereocenters. The molecule has 1 aliphatic heterocycles. The number of likely N-dealkylation sites (tertiary alicyclic amines) is 1. The van der Waals surface area contributed by atoms with Crippen LogP contribution >= 0.6 is 0 Å². The van der Waals surface area contributed by atoms with Gasteiger partial charge in [-0.05, 0) is 73.0 Å². The summed E-state index contributed by atoms with van der Waals surface area (Å²) < 4.78 is 5.45. The summed E-state index contributed by atoms with van der Waals surface area (Å²) in [4.78, 5) is 15.3. The van der Waals surface area contributed by atoms with Gasteiger partial charge in [-0.25, -0.2) is 0 Å². The summed E-state index contributed by atoms with van der Waals surface area (Å²) in [5, 5.41) is 4.33. The van der Waals surface area contributed by atoms with E-state index in [1.807, 2.05) is 24.3 Å². The number of carbonyl (C=O) groups excluding carboxylic acids is 1. The van der Waals surface area contributed by atoms with Crippen molar-refractivity contribution in [3.63, 3.8) is 0 Å². The fraction of sp³-hybridized carbons (Fsp3) is 0.640. The molecule has 4 fully saturated rings. The highest BCUT2D eigenvalue weighted by Gasteiger charge is 2.54. The molecule has 1 amide bonds. The number of carbonyl (C=O) groups is 1. The predicted molar refractivity (Wildman–Crippen MR) is 116 cm³/mol. The smallest absolute Gasteiger partial charge is 0.224 e. The maximum Gasteiger partial charge on any atom is 0.224 e. The average molecular weight is 395 g/mol. The first-order valence-electron chi connectivity index (χ1n) is 11.5. The molecule has 1 N–H and O–H groups in total. The van der Waals surface area contributed by atoms with Crippen LogP contribution < -0.4 is 5.32 Å². The van der Waals surface area contributed by atoms with Crippen LogP contribution in [0.1, 0.15) is 51.5 Å². The molecule has 0 radical (unpaired) electrons. The quantitative estimate of drug-likeness (QED) is 0.804. The van der Waals surface area contributed by atoms with Crippen molar-refractivity contribution in [3.05, 3.63) is 36.1 Å². The molecule has 1 aromatic carbocycles. The molecule has 3 saturated carbocycles. The van der Waals surface area contributed by atoms with E-state index < -0.39 is 0 Å². The molecule has 1 saturated heterocycles. The first kappa shape index (κ1) is 19.2. The van der Waals surface area contributed by atoms with Crippen LogP contribution in [0.5, 0.6) is 0 Å². The number of piperidine rings is 1. The van der Waals surface area contributed by atoms with Gasteiger partial charge in [0.15, 0.2) is 0 Å². The van der Waals surface area contributed by atoms with Gasteiger partial charge >= 0.3 is 0 Å². The van der Waals surface area contributed by atoms with Crippen molar-refractivity contribution < 1.29 is 9.21 Å². The van der Waals surface area contributed by atoms with Gasteiger partial charge in [-0.1, -0.05) is 26.0 Å². The Labute approximate surface area is 174 Å². The number of nitrogens with zero attached hydrogens (tertiary/aromatic N) is 1. The summed E-state index contributed by atoms with van der Waals surface area (Å²) in [7, 11) is 0. The third kappa shape index (κ3) is 3.61. The zero-order valence-electron chi connectivity index (χ0n) is 17.8. The van der Waals surface area contributed by atoms with Gasteiger partial charge in [-0.3, -0.25) is 4.79 Å². The van der Waals surface area contributed by atoms with Crippen LogP contribution in [0, 0.1) is 23.2 Å². The number of rotatable bonds is 5. The number of hydrogen-bond acceptors (Lipinski definition) is 3. The largest absolute Gasteiger partial charge is 0.464 e. The minimum Gasteiger partial charge on any atom is -0.464 e. The van der Waals surface area contributed by atoms with Crippen LogP contribution in [-0.2, 0) is 11.2 Å². The molecule has 2 heterocycles. The van der Waals surface area contributed by atoms with Gasteiger partial charge in [0.05, 0.1) is 12.7 Å². The molecule has 3 aliphatic carbocycles. The van der Waals surface area contributed by atoms with Crippen LogP contribution in [0.2, 0.25) is 0 Å². The molecule has 0 spiro atoms. The number of nitrogens with one attached hydrogen (secondary N) is 1. The summed E-state index contributed by atoms with van der Waals surface area (Å²) in [6, 6.07) is 8.20. The molecule has 1 aromatic heterocycles. The van der Waals surface area contributed by atoms with Crippen molar-refractivity contribution in [1.29, 1.82) is 0 Å². The van der Waals surface area contributed by atoms with E-state index in [0.29, 0.717) is 17.9 Å². The van der Waals surface area contributed by atoms with E-state index >= 15 is 0 Å². The van der Waals surface area contributed by atoms with E-state index in [1.165, 1.54) is 25.8 Å². The Balaban J connectivity index is 1.10. The zero-order chi connectivity index (χ0) is 20.0. The van der Waals surface area contributed by atoms with Gasteiger partial charge in [0.2, 0.25) is 5.91 Å². The Morgan fingerprint density at radius 3 is 2.76 bits per heavy atom. The van der Waals surface area contributed by atoms with Crippen LogP contribution in [0.3, 0.4) is 0 Å². The van der Waals surface area contributed by atoms with Gasteiger partial charge in [0.25, 0.3) is 0 Å². The van der Waals surface area contributed by atoms with Gasteiger partial charge in [0.1, 0.15) is 5.58 Å². The SMILES string of the molecule is CC1(C)C2CCC(CN3CCC(NC(=O)Cc4cccc5occc45)CC3)[C@H]1C2. The highest BCUT2D eigenvalue weighted by Crippen LogP contribution is 2.61. The standard InChI is InChI=1S/C25H34N2O2/c1-25(2)19-7-6-18(22(25)15-19)16-27-11-8-20(9-12-27)26-24(28)14-17-4-3-5-23-21(17)10-13-29-23/h3-5,10,13,18-20,22H,6-9,11-12,14-16H2,1-2H3,(H,26,28)/t18?,19?,22-/m1/s1. The fourth-order valence-corrected chi connectivity index (χ4v) is 6.44. The Kier molecular flexibility index (Phi) is 4.93. The minimum atomic E-state index is 0.131. The van der Waals surface area contributed by atoms with Gasteiger partial charge in [-0.2, -0.15) is 0 Å². The monoisotopic (exact) mass is 394 g/mol. The second kappa shape index (κ2) is 7.46. The topological polar surface area (TPSA) is 45.5 Å². The predicted octanol–water partition coefficient (Wildman–Crippen LogP) is 4.63. The number of benzene rings is 1. The van der Waals surface area contributed by atoms with Crippen molar-refractivity contribution >= 4 is 16.9 Å². The van der Waals surface area contributed by atoms with Crippen LogP contribution in [0.15, 0.2) is 34.9 Å². The average Bonchev–Trinajstić information content (AvgIpc) is 3.19. The number of furan rings is 1. The molecule has 2 bridgehead atoms. The van der Waals surface area contributed by atoms with Crippen molar-refractivity contribution in [2.45, 2.75) is 58.4 Å². The summed E-state index contributed by atoms with van der Waals surface area (Å²) in [6.45, 7) is 8.49. The Bertz CT molecular complexity index is 876. The second-order valence-electron chi connectivity index (χ2n) is 10.3. The van der Waals surface area contributed by atoms with Crippen molar-refractivity contribution in [2.75, 3.05) is 19.6 Å². The molecule has 156 valence electrons. The van der Waals surface area contributed by atoms with Crippen LogP contribution in [-0.4, -0.2) is 36.5 Å². The Morgan fingerprint density at radius 1 is 1.17 bits per heavy atom. The van der Waals surface area contributed by atoms with E-state index in [0.717, 1.165) is 60.2 Å². The highest BCUT2D eigenvalue weighted by molar-refractivity contribution is 5.87. The van der Waals surface area contributed by atoms with E-state index in [1.54, 1.807) is 6.26 Å². The number of hydrogen-bond donors (Lipinski definition) is 1. The summed E-state index contributed by atoms with van der Waals surface area (Å²) >= 11 is 0. The van der Waals surface area contributed by atoms with Crippen molar-refractivity contribution in [3.8, 4) is 0 Å². The summed E-state index contributed by atoms with van der Waals surface area (Å²) in [5.74, 6) is 2.94. The van der Waals surface area contributed by atoms with Crippen molar-refractivity contribution in [2.24, 2.45) is 23.2 Å². The van der Waals surface area contributed by atoms with Gasteiger partial charge < -0.3 is 14.6 Å². The molecular formula is C25H34N2O2. The molecule has 4 nitrogen and oxygen atoms in total. The highest BCUT2D eigenvalue weighted by atomic mass is 16.3. The first-order valence-corrected chi connectivity index (χ1v) is 11.5. The zero-order valence-corrected chi connectivity index (χ0v) is 17.8. The van der Waals surface area contributed by atoms with E-state index in [-0.39, 0.29) is 5.91 Å². The molecule has 2 aromatic rings.